The van der Waals surface area contributed by atoms with Gasteiger partial charge >= 0.3 is 0 Å². The van der Waals surface area contributed by atoms with Crippen LogP contribution in [-0.4, -0.2) is 79.4 Å². The van der Waals surface area contributed by atoms with E-state index in [1.807, 2.05) is 92.7 Å². The van der Waals surface area contributed by atoms with Crippen LogP contribution in [-0.2, 0) is 41.1 Å². The van der Waals surface area contributed by atoms with Crippen LogP contribution >= 0.6 is 0 Å². The largest absolute Gasteiger partial charge is 0.490 e. The highest BCUT2D eigenvalue weighted by Gasteiger charge is 2.47. The van der Waals surface area contributed by atoms with Crippen LogP contribution < -0.4 is 26.8 Å². The topological polar surface area (TPSA) is 225 Å². The van der Waals surface area contributed by atoms with Crippen LogP contribution in [0.25, 0.3) is 0 Å². The molecule has 3 aliphatic heterocycles. The van der Waals surface area contributed by atoms with Crippen molar-refractivity contribution in [3.8, 4) is 5.75 Å². The van der Waals surface area contributed by atoms with Gasteiger partial charge in [0.15, 0.2) is 11.9 Å². The number of ether oxygens (including phenoxy) is 1. The SMILES string of the molecule is CCC1(CC)CC(=O)N(Cc2cccc(C(=O)NC3c4ccccc4OCC3(O)Cc3cccc4c3[C@@H](NC(=O)c3cccc(CN5C(=O)C[C@](CC6CC6)(c6ccccc6)N=C5N)c3)[C@H](O)C4)c2)C(N)=N1. The molecule has 0 aromatic heterocycles. The van der Waals surface area contributed by atoms with Crippen LogP contribution in [0.3, 0.4) is 0 Å². The predicted octanol–water partition coefficient (Wildman–Crippen LogP) is 6.26. The molecule has 5 aliphatic rings. The summed E-state index contributed by atoms with van der Waals surface area (Å²) >= 11 is 0. The number of amides is 4. The van der Waals surface area contributed by atoms with Gasteiger partial charge in [0.05, 0.1) is 55.2 Å². The maximum atomic E-state index is 14.3. The zero-order valence-electron chi connectivity index (χ0n) is 40.7. The number of rotatable bonds is 15. The minimum Gasteiger partial charge on any atom is -0.490 e. The number of carbonyl (C=O) groups is 4. The van der Waals surface area contributed by atoms with Crippen LogP contribution in [0.1, 0.15) is 131 Å². The Morgan fingerprint density at radius 1 is 0.750 bits per heavy atom. The molecule has 3 heterocycles. The molecule has 2 unspecified atom stereocenters. The molecule has 1 saturated carbocycles. The van der Waals surface area contributed by atoms with E-state index in [1.54, 1.807) is 42.5 Å². The number of nitrogens with two attached hydrogens (primary N) is 2. The number of para-hydroxylation sites is 1. The molecule has 372 valence electrons. The number of fused-ring (bicyclic) bond motifs is 2. The van der Waals surface area contributed by atoms with E-state index in [-0.39, 0.29) is 69.1 Å². The van der Waals surface area contributed by atoms with Gasteiger partial charge in [-0.25, -0.2) is 9.98 Å². The standard InChI is InChI=1S/C57H62N8O7/c1-3-55(4-2)30-46(67)64(53(58)62-55)32-37-14-11-17-40(26-37)52(70)61-50-43-21-8-9-22-45(43)72-34-57(50,71)29-41-18-12-15-38-27-44(66)49(48(38)41)60-51(69)39-16-10-13-36(25-39)33-65-47(68)31-56(63-54(65)59,28-35-23-24-35)42-19-6-5-7-20-42/h5-22,25-26,35,44,49-50,66,71H,3-4,23-24,27-34H2,1-2H3,(H2,58,62)(H2,59,63)(H,60,69)(H,61,70)/t44-,49+,50?,56-,57?/m1/s1. The number of aliphatic hydroxyl groups excluding tert-OH is 1. The highest BCUT2D eigenvalue weighted by atomic mass is 16.5. The Kier molecular flexibility index (Phi) is 13.0. The average molecular weight is 971 g/mol. The third kappa shape index (κ3) is 9.46. The first-order chi connectivity index (χ1) is 34.7. The van der Waals surface area contributed by atoms with Crippen molar-refractivity contribution < 1.29 is 34.1 Å². The fourth-order valence-corrected chi connectivity index (χ4v) is 11.2. The first kappa shape index (κ1) is 48.3. The molecule has 4 amide bonds. The summed E-state index contributed by atoms with van der Waals surface area (Å²) in [6.07, 6.45) is 4.11. The van der Waals surface area contributed by atoms with Crippen LogP contribution in [0.2, 0.25) is 0 Å². The molecule has 5 aromatic carbocycles. The molecule has 0 radical (unpaired) electrons. The Labute approximate surface area is 419 Å². The first-order valence-electron chi connectivity index (χ1n) is 25.1. The number of nitrogens with zero attached hydrogens (tertiary/aromatic N) is 4. The van der Waals surface area contributed by atoms with Gasteiger partial charge in [0.25, 0.3) is 11.8 Å². The minimum atomic E-state index is -1.70. The van der Waals surface area contributed by atoms with Crippen LogP contribution in [0, 0.1) is 5.92 Å². The molecule has 72 heavy (non-hydrogen) atoms. The number of carbonyl (C=O) groups excluding carboxylic acids is 4. The van der Waals surface area contributed by atoms with Crippen molar-refractivity contribution in [1.82, 2.24) is 20.4 Å². The Balaban J connectivity index is 0.865. The van der Waals surface area contributed by atoms with Gasteiger partial charge in [0, 0.05) is 29.5 Å². The molecule has 5 atom stereocenters. The van der Waals surface area contributed by atoms with E-state index >= 15 is 0 Å². The summed E-state index contributed by atoms with van der Waals surface area (Å²) in [6.45, 7) is 4.09. The fourth-order valence-electron chi connectivity index (χ4n) is 11.2. The molecule has 10 rings (SSSR count). The molecule has 15 nitrogen and oxygen atoms in total. The highest BCUT2D eigenvalue weighted by Crippen LogP contribution is 2.47. The zero-order valence-corrected chi connectivity index (χ0v) is 40.7. The van der Waals surface area contributed by atoms with Crippen LogP contribution in [0.4, 0.5) is 0 Å². The summed E-state index contributed by atoms with van der Waals surface area (Å²) in [7, 11) is 0. The third-order valence-corrected chi connectivity index (χ3v) is 15.5. The van der Waals surface area contributed by atoms with Gasteiger partial charge in [-0.1, -0.05) is 118 Å². The summed E-state index contributed by atoms with van der Waals surface area (Å²) in [6, 6.07) is 34.9. The lowest BCUT2D eigenvalue weighted by molar-refractivity contribution is -0.131. The summed E-state index contributed by atoms with van der Waals surface area (Å²) in [5.74, 6) is 0.181. The summed E-state index contributed by atoms with van der Waals surface area (Å²) in [5, 5.41) is 30.6. The van der Waals surface area contributed by atoms with Crippen LogP contribution in [0.15, 0.2) is 131 Å². The molecule has 15 heteroatoms. The van der Waals surface area contributed by atoms with Crippen molar-refractivity contribution in [3.63, 3.8) is 0 Å². The van der Waals surface area contributed by atoms with Gasteiger partial charge < -0.3 is 37.1 Å². The number of hydrogen-bond donors (Lipinski definition) is 6. The molecule has 8 N–H and O–H groups in total. The first-order valence-corrected chi connectivity index (χ1v) is 25.1. The summed E-state index contributed by atoms with van der Waals surface area (Å²) in [5.41, 5.74) is 15.8. The lowest BCUT2D eigenvalue weighted by Crippen LogP contribution is -2.54. The van der Waals surface area contributed by atoms with E-state index in [1.165, 1.54) is 9.80 Å². The van der Waals surface area contributed by atoms with Crippen molar-refractivity contribution >= 4 is 35.5 Å². The number of hydrogen-bond acceptors (Lipinski definition) is 11. The van der Waals surface area contributed by atoms with Crippen molar-refractivity contribution in [3.05, 3.63) is 171 Å². The molecular weight excluding hydrogens is 909 g/mol. The van der Waals surface area contributed by atoms with E-state index in [0.29, 0.717) is 63.5 Å². The normalized spacial score (nSPS) is 24.4. The van der Waals surface area contributed by atoms with Gasteiger partial charge in [-0.05, 0) is 88.9 Å². The lowest BCUT2D eigenvalue weighted by atomic mass is 9.80. The van der Waals surface area contributed by atoms with Crippen molar-refractivity contribution in [2.75, 3.05) is 6.61 Å². The molecule has 2 aliphatic carbocycles. The van der Waals surface area contributed by atoms with Crippen molar-refractivity contribution in [2.45, 2.75) is 120 Å². The monoisotopic (exact) mass is 970 g/mol. The quantitative estimate of drug-likeness (QED) is 0.0696. The second-order valence-corrected chi connectivity index (χ2v) is 20.4. The highest BCUT2D eigenvalue weighted by molar-refractivity contribution is 6.00. The predicted molar refractivity (Wildman–Crippen MR) is 272 cm³/mol. The van der Waals surface area contributed by atoms with Gasteiger partial charge in [-0.2, -0.15) is 0 Å². The van der Waals surface area contributed by atoms with E-state index in [9.17, 15) is 29.4 Å². The fraction of sp³-hybridized carbons (Fsp3) is 0.368. The smallest absolute Gasteiger partial charge is 0.251 e. The van der Waals surface area contributed by atoms with E-state index in [4.69, 9.17) is 26.2 Å². The number of guanidine groups is 2. The van der Waals surface area contributed by atoms with Gasteiger partial charge in [-0.3, -0.25) is 29.0 Å². The van der Waals surface area contributed by atoms with Crippen molar-refractivity contribution in [1.29, 1.82) is 0 Å². The molecular formula is C57H62N8O7. The molecule has 0 spiro atoms. The molecule has 5 aromatic rings. The summed E-state index contributed by atoms with van der Waals surface area (Å²) in [4.78, 5) is 68.4. The van der Waals surface area contributed by atoms with Gasteiger partial charge in [0.2, 0.25) is 11.8 Å². The van der Waals surface area contributed by atoms with E-state index in [0.717, 1.165) is 30.4 Å². The van der Waals surface area contributed by atoms with Crippen LogP contribution in [0.5, 0.6) is 5.75 Å². The summed E-state index contributed by atoms with van der Waals surface area (Å²) < 4.78 is 6.18. The second-order valence-electron chi connectivity index (χ2n) is 20.4. The molecule has 0 bridgehead atoms. The lowest BCUT2D eigenvalue weighted by Gasteiger charge is -2.41. The number of nitrogens with one attached hydrogen (secondary N) is 2. The van der Waals surface area contributed by atoms with Crippen molar-refractivity contribution in [2.24, 2.45) is 27.4 Å². The van der Waals surface area contributed by atoms with Gasteiger partial charge in [-0.15, -0.1) is 0 Å². The molecule has 1 fully saturated rings. The van der Waals surface area contributed by atoms with E-state index in [2.05, 4.69) is 10.6 Å². The second kappa shape index (κ2) is 19.3. The number of benzene rings is 5. The molecule has 0 saturated heterocycles. The number of aliphatic hydroxyl groups is 2. The maximum Gasteiger partial charge on any atom is 0.251 e. The Bertz CT molecular complexity index is 2990. The van der Waals surface area contributed by atoms with E-state index < -0.39 is 46.7 Å². The maximum absolute atomic E-state index is 14.3. The Hall–Kier alpha value is -7.36. The number of aliphatic imine (C=N–C) groups is 2. The average Bonchev–Trinajstić information content (AvgIpc) is 4.14. The van der Waals surface area contributed by atoms with Gasteiger partial charge in [0.1, 0.15) is 18.0 Å². The zero-order chi connectivity index (χ0) is 50.4. The Morgan fingerprint density at radius 2 is 1.36 bits per heavy atom. The third-order valence-electron chi connectivity index (χ3n) is 15.5. The minimum absolute atomic E-state index is 0.00415. The Morgan fingerprint density at radius 3 is 2.00 bits per heavy atom.